The van der Waals surface area contributed by atoms with Gasteiger partial charge in [0.15, 0.2) is 11.5 Å². The second-order valence-electron chi connectivity index (χ2n) is 5.68. The molecule has 10 heteroatoms. The highest BCUT2D eigenvalue weighted by Crippen LogP contribution is 2.43. The quantitative estimate of drug-likeness (QED) is 0.752. The van der Waals surface area contributed by atoms with Crippen LogP contribution in [-0.4, -0.2) is 54.1 Å². The molecule has 1 aliphatic rings. The van der Waals surface area contributed by atoms with E-state index in [1.165, 1.54) is 26.0 Å². The first kappa shape index (κ1) is 18.5. The van der Waals surface area contributed by atoms with E-state index in [-0.39, 0.29) is 6.61 Å². The number of tetrazole rings is 1. The summed E-state index contributed by atoms with van der Waals surface area (Å²) in [6.07, 6.45) is 0. The summed E-state index contributed by atoms with van der Waals surface area (Å²) >= 11 is 0. The average molecular weight is 375 g/mol. The molecule has 0 bridgehead atoms. The van der Waals surface area contributed by atoms with Crippen molar-refractivity contribution in [3.63, 3.8) is 0 Å². The molecular weight excluding hydrogens is 354 g/mol. The van der Waals surface area contributed by atoms with Gasteiger partial charge in [0, 0.05) is 17.3 Å². The molecule has 3 rings (SSSR count). The third-order valence-electron chi connectivity index (χ3n) is 4.24. The topological polar surface area (TPSA) is 110 Å². The van der Waals surface area contributed by atoms with E-state index in [9.17, 15) is 4.79 Å². The number of anilines is 1. The summed E-state index contributed by atoms with van der Waals surface area (Å²) < 4.78 is 23.1. The van der Waals surface area contributed by atoms with Crippen molar-refractivity contribution in [1.29, 1.82) is 0 Å². The maximum Gasteiger partial charge on any atom is 0.338 e. The molecule has 0 fully saturated rings. The Labute approximate surface area is 156 Å². The van der Waals surface area contributed by atoms with Crippen molar-refractivity contribution in [2.45, 2.75) is 19.9 Å². The van der Waals surface area contributed by atoms with Gasteiger partial charge >= 0.3 is 5.97 Å². The van der Waals surface area contributed by atoms with E-state index in [4.69, 9.17) is 18.9 Å². The predicted octanol–water partition coefficient (Wildman–Crippen LogP) is 1.55. The standard InChI is InChI=1S/C17H21N5O5/c1-6-27-16(23)14-9(2)18-17-19-20-21-22(17)15(14)10-7-12(25-4)13(26-5)8-11(10)24-3/h7-8,15H,6H2,1-5H3,(H,18,19,21). The van der Waals surface area contributed by atoms with Crippen LogP contribution in [0.25, 0.3) is 0 Å². The maximum absolute atomic E-state index is 12.7. The molecule has 0 aliphatic carbocycles. The zero-order chi connectivity index (χ0) is 19.6. The molecule has 1 aliphatic heterocycles. The Morgan fingerprint density at radius 1 is 1.15 bits per heavy atom. The molecule has 1 aromatic carbocycles. The van der Waals surface area contributed by atoms with Crippen molar-refractivity contribution in [2.24, 2.45) is 0 Å². The molecule has 0 radical (unpaired) electrons. The summed E-state index contributed by atoms with van der Waals surface area (Å²) in [5.41, 5.74) is 1.60. The zero-order valence-corrected chi connectivity index (χ0v) is 15.8. The van der Waals surface area contributed by atoms with Gasteiger partial charge in [0.05, 0.1) is 33.5 Å². The van der Waals surface area contributed by atoms with Crippen molar-refractivity contribution in [3.05, 3.63) is 29.0 Å². The summed E-state index contributed by atoms with van der Waals surface area (Å²) in [5, 5.41) is 14.7. The van der Waals surface area contributed by atoms with Gasteiger partial charge in [0.2, 0.25) is 5.95 Å². The minimum Gasteiger partial charge on any atom is -0.496 e. The van der Waals surface area contributed by atoms with Crippen LogP contribution in [0.2, 0.25) is 0 Å². The van der Waals surface area contributed by atoms with Gasteiger partial charge in [-0.2, -0.15) is 4.68 Å². The van der Waals surface area contributed by atoms with Gasteiger partial charge < -0.3 is 24.3 Å². The van der Waals surface area contributed by atoms with Crippen LogP contribution in [0.4, 0.5) is 5.95 Å². The van der Waals surface area contributed by atoms with E-state index in [2.05, 4.69) is 20.8 Å². The van der Waals surface area contributed by atoms with Crippen molar-refractivity contribution >= 4 is 11.9 Å². The predicted molar refractivity (Wildman–Crippen MR) is 95.0 cm³/mol. The number of carbonyl (C=O) groups excluding carboxylic acids is 1. The van der Waals surface area contributed by atoms with Crippen LogP contribution in [0.1, 0.15) is 25.5 Å². The number of carbonyl (C=O) groups is 1. The number of nitrogens with one attached hydrogen (secondary N) is 1. The number of fused-ring (bicyclic) bond motifs is 1. The van der Waals surface area contributed by atoms with E-state index in [1.54, 1.807) is 26.0 Å². The van der Waals surface area contributed by atoms with Crippen LogP contribution in [0.3, 0.4) is 0 Å². The van der Waals surface area contributed by atoms with Crippen molar-refractivity contribution < 1.29 is 23.7 Å². The highest BCUT2D eigenvalue weighted by Gasteiger charge is 2.37. The molecule has 0 saturated heterocycles. The largest absolute Gasteiger partial charge is 0.496 e. The minimum absolute atomic E-state index is 0.244. The molecule has 144 valence electrons. The lowest BCUT2D eigenvalue weighted by molar-refractivity contribution is -0.139. The number of benzene rings is 1. The van der Waals surface area contributed by atoms with Gasteiger partial charge in [-0.15, -0.1) is 0 Å². The van der Waals surface area contributed by atoms with E-state index < -0.39 is 12.0 Å². The number of hydrogen-bond acceptors (Lipinski definition) is 9. The fourth-order valence-electron chi connectivity index (χ4n) is 3.04. The number of aromatic nitrogens is 4. The van der Waals surface area contributed by atoms with Crippen LogP contribution in [0, 0.1) is 0 Å². The van der Waals surface area contributed by atoms with E-state index in [1.807, 2.05) is 0 Å². The van der Waals surface area contributed by atoms with Crippen LogP contribution >= 0.6 is 0 Å². The van der Waals surface area contributed by atoms with Gasteiger partial charge in [-0.05, 0) is 30.3 Å². The van der Waals surface area contributed by atoms with Crippen LogP contribution < -0.4 is 19.5 Å². The van der Waals surface area contributed by atoms with Crippen LogP contribution in [0.15, 0.2) is 23.4 Å². The minimum atomic E-state index is -0.662. The number of hydrogen-bond donors (Lipinski definition) is 1. The second kappa shape index (κ2) is 7.52. The first-order valence-electron chi connectivity index (χ1n) is 8.28. The van der Waals surface area contributed by atoms with Gasteiger partial charge in [0.25, 0.3) is 0 Å². The number of allylic oxidation sites excluding steroid dienone is 1. The normalized spacial score (nSPS) is 15.7. The third-order valence-corrected chi connectivity index (χ3v) is 4.24. The SMILES string of the molecule is CCOC(=O)C1=C(C)Nc2nnnn2C1c1cc(OC)c(OC)cc1OC. The fourth-order valence-corrected chi connectivity index (χ4v) is 3.04. The highest BCUT2D eigenvalue weighted by atomic mass is 16.5. The Hall–Kier alpha value is -3.30. The smallest absolute Gasteiger partial charge is 0.338 e. The van der Waals surface area contributed by atoms with Gasteiger partial charge in [-0.25, -0.2) is 4.79 Å². The van der Waals surface area contributed by atoms with Gasteiger partial charge in [-0.1, -0.05) is 5.10 Å². The van der Waals surface area contributed by atoms with E-state index in [0.29, 0.717) is 40.0 Å². The summed E-state index contributed by atoms with van der Waals surface area (Å²) in [6.45, 7) is 3.76. The average Bonchev–Trinajstić information content (AvgIpc) is 3.13. The first-order chi connectivity index (χ1) is 13.0. The van der Waals surface area contributed by atoms with E-state index >= 15 is 0 Å². The molecule has 1 N–H and O–H groups in total. The number of rotatable bonds is 6. The van der Waals surface area contributed by atoms with Crippen LogP contribution in [-0.2, 0) is 9.53 Å². The third kappa shape index (κ3) is 3.14. The van der Waals surface area contributed by atoms with Crippen molar-refractivity contribution in [2.75, 3.05) is 33.3 Å². The highest BCUT2D eigenvalue weighted by molar-refractivity contribution is 5.92. The Kier molecular flexibility index (Phi) is 5.15. The van der Waals surface area contributed by atoms with Crippen LogP contribution in [0.5, 0.6) is 17.2 Å². The Bertz CT molecular complexity index is 892. The number of esters is 1. The fraction of sp³-hybridized carbons (Fsp3) is 0.412. The van der Waals surface area contributed by atoms with Crippen molar-refractivity contribution in [1.82, 2.24) is 20.2 Å². The molecule has 0 amide bonds. The lowest BCUT2D eigenvalue weighted by Gasteiger charge is -2.28. The molecule has 2 heterocycles. The molecule has 27 heavy (non-hydrogen) atoms. The second-order valence-corrected chi connectivity index (χ2v) is 5.68. The molecule has 0 spiro atoms. The molecule has 1 unspecified atom stereocenters. The monoisotopic (exact) mass is 375 g/mol. The summed E-state index contributed by atoms with van der Waals surface area (Å²) in [4.78, 5) is 12.7. The van der Waals surface area contributed by atoms with Gasteiger partial charge in [0.1, 0.15) is 11.8 Å². The molecule has 10 nitrogen and oxygen atoms in total. The first-order valence-corrected chi connectivity index (χ1v) is 8.28. The molecule has 2 aromatic rings. The van der Waals surface area contributed by atoms with E-state index in [0.717, 1.165) is 0 Å². The van der Waals surface area contributed by atoms with Crippen molar-refractivity contribution in [3.8, 4) is 17.2 Å². The molecule has 0 saturated carbocycles. The summed E-state index contributed by atoms with van der Waals surface area (Å²) in [7, 11) is 4.61. The lowest BCUT2D eigenvalue weighted by Crippen LogP contribution is -2.30. The molecule has 1 atom stereocenters. The Balaban J connectivity index is 2.25. The zero-order valence-electron chi connectivity index (χ0n) is 15.8. The summed E-state index contributed by atoms with van der Waals surface area (Å²) in [5.74, 6) is 1.42. The number of methoxy groups -OCH3 is 3. The van der Waals surface area contributed by atoms with Gasteiger partial charge in [-0.3, -0.25) is 0 Å². The molecule has 1 aromatic heterocycles. The lowest BCUT2D eigenvalue weighted by atomic mass is 9.94. The maximum atomic E-state index is 12.7. The molecular formula is C17H21N5O5. The number of ether oxygens (including phenoxy) is 4. The number of nitrogens with zero attached hydrogens (tertiary/aromatic N) is 4. The Morgan fingerprint density at radius 3 is 2.44 bits per heavy atom. The summed E-state index contributed by atoms with van der Waals surface area (Å²) in [6, 6.07) is 2.77. The Morgan fingerprint density at radius 2 is 1.81 bits per heavy atom.